The lowest BCUT2D eigenvalue weighted by atomic mass is 10.1. The van der Waals surface area contributed by atoms with Crippen molar-refractivity contribution in [3.05, 3.63) is 30.1 Å². The number of pyridine rings is 1. The van der Waals surface area contributed by atoms with E-state index < -0.39 is 5.60 Å². The van der Waals surface area contributed by atoms with Gasteiger partial charge in [0.25, 0.3) is 0 Å². The van der Waals surface area contributed by atoms with E-state index in [0.717, 1.165) is 5.56 Å². The van der Waals surface area contributed by atoms with Crippen LogP contribution in [0.2, 0.25) is 0 Å². The largest absolute Gasteiger partial charge is 0.444 e. The van der Waals surface area contributed by atoms with Crippen molar-refractivity contribution in [2.75, 3.05) is 20.6 Å². The molecule has 0 saturated carbocycles. The minimum absolute atomic E-state index is 0.0335. The van der Waals surface area contributed by atoms with Gasteiger partial charge >= 0.3 is 6.09 Å². The Kier molecular flexibility index (Phi) is 5.30. The van der Waals surface area contributed by atoms with Gasteiger partial charge in [0, 0.05) is 26.0 Å². The zero-order chi connectivity index (χ0) is 14.5. The van der Waals surface area contributed by atoms with Gasteiger partial charge in [0.2, 0.25) is 0 Å². The Balaban J connectivity index is 2.64. The lowest BCUT2D eigenvalue weighted by Crippen LogP contribution is -2.39. The Morgan fingerprint density at radius 3 is 2.68 bits per heavy atom. The van der Waals surface area contributed by atoms with Crippen LogP contribution in [0.5, 0.6) is 0 Å². The molecule has 0 aromatic carbocycles. The van der Waals surface area contributed by atoms with Gasteiger partial charge in [-0.25, -0.2) is 4.79 Å². The van der Waals surface area contributed by atoms with Gasteiger partial charge in [0.05, 0.1) is 6.04 Å². The number of rotatable bonds is 4. The van der Waals surface area contributed by atoms with E-state index in [1.54, 1.807) is 24.3 Å². The number of nitrogens with one attached hydrogen (secondary N) is 1. The van der Waals surface area contributed by atoms with E-state index in [1.165, 1.54) is 0 Å². The number of likely N-dealkylation sites (N-methyl/N-ethyl adjacent to an activating group) is 2. The average molecular weight is 265 g/mol. The molecule has 1 atom stereocenters. The lowest BCUT2D eigenvalue weighted by Gasteiger charge is -2.27. The summed E-state index contributed by atoms with van der Waals surface area (Å²) in [5.74, 6) is 0. The molecule has 19 heavy (non-hydrogen) atoms. The molecule has 1 aromatic heterocycles. The molecule has 1 aromatic rings. The summed E-state index contributed by atoms with van der Waals surface area (Å²) in [7, 11) is 3.59. The molecular weight excluding hydrogens is 242 g/mol. The molecule has 0 bridgehead atoms. The topological polar surface area (TPSA) is 54.5 Å². The molecule has 0 aliphatic rings. The van der Waals surface area contributed by atoms with Crippen LogP contribution in [0.15, 0.2) is 24.5 Å². The molecule has 1 rings (SSSR count). The number of hydrogen-bond donors (Lipinski definition) is 1. The molecule has 1 N–H and O–H groups in total. The first-order chi connectivity index (χ1) is 8.83. The van der Waals surface area contributed by atoms with Gasteiger partial charge in [-0.05, 0) is 39.4 Å². The molecular formula is C14H23N3O2. The standard InChI is InChI=1S/C14H23N3O2/c1-14(2,3)19-13(18)17(5)10-12(15-4)11-7-6-8-16-9-11/h6-9,12,15H,10H2,1-5H3. The quantitative estimate of drug-likeness (QED) is 0.907. The molecule has 0 aliphatic heterocycles. The minimum Gasteiger partial charge on any atom is -0.444 e. The molecule has 5 nitrogen and oxygen atoms in total. The molecule has 1 unspecified atom stereocenters. The molecule has 0 fully saturated rings. The highest BCUT2D eigenvalue weighted by molar-refractivity contribution is 5.67. The predicted octanol–water partition coefficient (Wildman–Crippen LogP) is 2.21. The van der Waals surface area contributed by atoms with Crippen LogP contribution >= 0.6 is 0 Å². The highest BCUT2D eigenvalue weighted by Gasteiger charge is 2.22. The van der Waals surface area contributed by atoms with Gasteiger partial charge in [0.1, 0.15) is 5.60 Å². The fourth-order valence-corrected chi connectivity index (χ4v) is 1.63. The molecule has 0 aliphatic carbocycles. The first-order valence-corrected chi connectivity index (χ1v) is 6.35. The summed E-state index contributed by atoms with van der Waals surface area (Å²) in [5, 5.41) is 3.18. The Bertz CT molecular complexity index is 401. The van der Waals surface area contributed by atoms with Crippen molar-refractivity contribution in [1.29, 1.82) is 0 Å². The van der Waals surface area contributed by atoms with Crippen LogP contribution < -0.4 is 5.32 Å². The van der Waals surface area contributed by atoms with Crippen LogP contribution in [0.25, 0.3) is 0 Å². The smallest absolute Gasteiger partial charge is 0.410 e. The average Bonchev–Trinajstić information content (AvgIpc) is 2.34. The predicted molar refractivity (Wildman–Crippen MR) is 74.9 cm³/mol. The van der Waals surface area contributed by atoms with Gasteiger partial charge in [0.15, 0.2) is 0 Å². The van der Waals surface area contributed by atoms with Crippen LogP contribution in [-0.4, -0.2) is 42.2 Å². The molecule has 0 spiro atoms. The van der Waals surface area contributed by atoms with Crippen molar-refractivity contribution in [3.8, 4) is 0 Å². The second-order valence-electron chi connectivity index (χ2n) is 5.49. The van der Waals surface area contributed by atoms with Gasteiger partial charge in [-0.1, -0.05) is 6.07 Å². The fraction of sp³-hybridized carbons (Fsp3) is 0.571. The second-order valence-corrected chi connectivity index (χ2v) is 5.49. The van der Waals surface area contributed by atoms with Gasteiger partial charge in [-0.3, -0.25) is 4.98 Å². The molecule has 5 heteroatoms. The normalized spacial score (nSPS) is 12.9. The van der Waals surface area contributed by atoms with Crippen LogP contribution in [0.1, 0.15) is 32.4 Å². The monoisotopic (exact) mass is 265 g/mol. The molecule has 0 radical (unpaired) electrons. The first kappa shape index (κ1) is 15.4. The second kappa shape index (κ2) is 6.52. The van der Waals surface area contributed by atoms with Crippen molar-refractivity contribution in [1.82, 2.24) is 15.2 Å². The number of aromatic nitrogens is 1. The molecule has 1 heterocycles. The zero-order valence-electron chi connectivity index (χ0n) is 12.3. The SMILES string of the molecule is CNC(CN(C)C(=O)OC(C)(C)C)c1cccnc1. The van der Waals surface area contributed by atoms with Gasteiger partial charge < -0.3 is 15.0 Å². The summed E-state index contributed by atoms with van der Waals surface area (Å²) in [4.78, 5) is 17.6. The van der Waals surface area contributed by atoms with Gasteiger partial charge in [-0.15, -0.1) is 0 Å². The number of hydrogen-bond acceptors (Lipinski definition) is 4. The third-order valence-electron chi connectivity index (χ3n) is 2.60. The van der Waals surface area contributed by atoms with E-state index in [9.17, 15) is 4.79 Å². The van der Waals surface area contributed by atoms with Crippen molar-refractivity contribution in [3.63, 3.8) is 0 Å². The Morgan fingerprint density at radius 2 is 2.21 bits per heavy atom. The van der Waals surface area contributed by atoms with Crippen LogP contribution in [0.4, 0.5) is 4.79 Å². The van der Waals surface area contributed by atoms with E-state index >= 15 is 0 Å². The van der Waals surface area contributed by atoms with Crippen molar-refractivity contribution in [2.24, 2.45) is 0 Å². The first-order valence-electron chi connectivity index (χ1n) is 6.35. The van der Waals surface area contributed by atoms with Crippen molar-refractivity contribution < 1.29 is 9.53 Å². The zero-order valence-corrected chi connectivity index (χ0v) is 12.3. The maximum absolute atomic E-state index is 11.9. The third kappa shape index (κ3) is 5.26. The molecule has 0 saturated heterocycles. The Morgan fingerprint density at radius 1 is 1.53 bits per heavy atom. The third-order valence-corrected chi connectivity index (χ3v) is 2.60. The number of carbonyl (C=O) groups is 1. The number of carbonyl (C=O) groups excluding carboxylic acids is 1. The van der Waals surface area contributed by atoms with Crippen LogP contribution in [0.3, 0.4) is 0 Å². The molecule has 106 valence electrons. The maximum atomic E-state index is 11.9. The summed E-state index contributed by atoms with van der Waals surface area (Å²) < 4.78 is 5.32. The van der Waals surface area contributed by atoms with E-state index in [4.69, 9.17) is 4.74 Å². The summed E-state index contributed by atoms with van der Waals surface area (Å²) in [6.07, 6.45) is 3.20. The van der Waals surface area contributed by atoms with Gasteiger partial charge in [-0.2, -0.15) is 0 Å². The number of nitrogens with zero attached hydrogens (tertiary/aromatic N) is 2. The minimum atomic E-state index is -0.477. The number of ether oxygens (including phenoxy) is 1. The summed E-state index contributed by atoms with van der Waals surface area (Å²) in [6, 6.07) is 3.90. The fourth-order valence-electron chi connectivity index (χ4n) is 1.63. The van der Waals surface area contributed by atoms with Crippen LogP contribution in [-0.2, 0) is 4.74 Å². The van der Waals surface area contributed by atoms with Crippen LogP contribution in [0, 0.1) is 0 Å². The van der Waals surface area contributed by atoms with E-state index in [-0.39, 0.29) is 12.1 Å². The van der Waals surface area contributed by atoms with Crippen molar-refractivity contribution in [2.45, 2.75) is 32.4 Å². The van der Waals surface area contributed by atoms with E-state index in [1.807, 2.05) is 40.0 Å². The van der Waals surface area contributed by atoms with E-state index in [2.05, 4.69) is 10.3 Å². The number of amides is 1. The maximum Gasteiger partial charge on any atom is 0.410 e. The summed E-state index contributed by atoms with van der Waals surface area (Å²) in [6.45, 7) is 6.09. The van der Waals surface area contributed by atoms with E-state index in [0.29, 0.717) is 6.54 Å². The Labute approximate surface area is 115 Å². The lowest BCUT2D eigenvalue weighted by molar-refractivity contribution is 0.0284. The van der Waals surface area contributed by atoms with Crippen molar-refractivity contribution >= 4 is 6.09 Å². The summed E-state index contributed by atoms with van der Waals surface area (Å²) >= 11 is 0. The Hall–Kier alpha value is -1.62. The summed E-state index contributed by atoms with van der Waals surface area (Å²) in [5.41, 5.74) is 0.565. The highest BCUT2D eigenvalue weighted by Crippen LogP contribution is 2.14. The molecule has 1 amide bonds. The highest BCUT2D eigenvalue weighted by atomic mass is 16.6.